The second-order valence-electron chi connectivity index (χ2n) is 7.87. The summed E-state index contributed by atoms with van der Waals surface area (Å²) in [5, 5.41) is 22.9. The summed E-state index contributed by atoms with van der Waals surface area (Å²) in [6.45, 7) is 0.821. The third kappa shape index (κ3) is 5.17. The van der Waals surface area contributed by atoms with Gasteiger partial charge in [-0.2, -0.15) is 10.4 Å². The molecule has 0 aliphatic heterocycles. The van der Waals surface area contributed by atoms with E-state index >= 15 is 0 Å². The summed E-state index contributed by atoms with van der Waals surface area (Å²) >= 11 is 6.01. The SMILES string of the molecule is CON(C)C(=O)c1nn(-c2ccc(Cl)cc2)c(NCCCNC(=O)c2ccc3cc[nH]c3c2)c1C#N. The van der Waals surface area contributed by atoms with Gasteiger partial charge in [0.2, 0.25) is 0 Å². The van der Waals surface area contributed by atoms with Gasteiger partial charge < -0.3 is 15.6 Å². The highest BCUT2D eigenvalue weighted by molar-refractivity contribution is 6.30. The van der Waals surface area contributed by atoms with E-state index in [-0.39, 0.29) is 17.2 Å². The van der Waals surface area contributed by atoms with E-state index in [1.807, 2.05) is 24.4 Å². The molecule has 0 spiro atoms. The maximum Gasteiger partial charge on any atom is 0.299 e. The molecule has 184 valence electrons. The van der Waals surface area contributed by atoms with Gasteiger partial charge in [-0.25, -0.2) is 9.75 Å². The Bertz CT molecular complexity index is 1440. The van der Waals surface area contributed by atoms with E-state index in [0.29, 0.717) is 41.6 Å². The van der Waals surface area contributed by atoms with E-state index < -0.39 is 5.91 Å². The first-order chi connectivity index (χ1) is 17.4. The number of hydrogen-bond donors (Lipinski definition) is 3. The molecule has 0 saturated carbocycles. The molecule has 0 saturated heterocycles. The fourth-order valence-corrected chi connectivity index (χ4v) is 3.75. The number of nitrogens with zero attached hydrogens (tertiary/aromatic N) is 4. The van der Waals surface area contributed by atoms with E-state index in [0.717, 1.165) is 16.0 Å². The van der Waals surface area contributed by atoms with Crippen LogP contribution in [0.15, 0.2) is 54.7 Å². The standard InChI is InChI=1S/C25H24ClN7O3/c1-32(36-2)25(35)22-20(15-27)23(33(31-22)19-8-6-18(26)7-9-19)29-11-3-12-30-24(34)17-5-4-16-10-13-28-21(16)14-17/h4-10,13-14,28-29H,3,11-12H2,1-2H3,(H,30,34). The third-order valence-corrected chi connectivity index (χ3v) is 5.83. The van der Waals surface area contributed by atoms with E-state index in [1.165, 1.54) is 18.8 Å². The molecule has 36 heavy (non-hydrogen) atoms. The van der Waals surface area contributed by atoms with Crippen LogP contribution in [0.4, 0.5) is 5.82 Å². The lowest BCUT2D eigenvalue weighted by Crippen LogP contribution is -2.26. The molecule has 2 heterocycles. The zero-order valence-electron chi connectivity index (χ0n) is 19.7. The van der Waals surface area contributed by atoms with E-state index in [2.05, 4.69) is 26.8 Å². The number of carbonyl (C=O) groups is 2. The Labute approximate surface area is 212 Å². The maximum absolute atomic E-state index is 12.7. The van der Waals surface area contributed by atoms with Gasteiger partial charge in [0.15, 0.2) is 5.69 Å². The van der Waals surface area contributed by atoms with Crippen LogP contribution in [0, 0.1) is 11.3 Å². The minimum absolute atomic E-state index is 0.0488. The number of nitrogens with one attached hydrogen (secondary N) is 3. The smallest absolute Gasteiger partial charge is 0.299 e. The Hall–Kier alpha value is -4.33. The lowest BCUT2D eigenvalue weighted by atomic mass is 10.1. The normalized spacial score (nSPS) is 10.7. The predicted octanol–water partition coefficient (Wildman–Crippen LogP) is 3.74. The average Bonchev–Trinajstić information content (AvgIpc) is 3.51. The summed E-state index contributed by atoms with van der Waals surface area (Å²) in [4.78, 5) is 33.3. The summed E-state index contributed by atoms with van der Waals surface area (Å²) in [6.07, 6.45) is 2.39. The Morgan fingerprint density at radius 1 is 1.19 bits per heavy atom. The molecule has 10 nitrogen and oxygen atoms in total. The van der Waals surface area contributed by atoms with Crippen molar-refractivity contribution in [3.8, 4) is 11.8 Å². The van der Waals surface area contributed by atoms with Gasteiger partial charge in [-0.15, -0.1) is 0 Å². The minimum Gasteiger partial charge on any atom is -0.369 e. The number of halogens is 1. The van der Waals surface area contributed by atoms with Crippen LogP contribution in [-0.4, -0.2) is 58.9 Å². The van der Waals surface area contributed by atoms with Crippen LogP contribution >= 0.6 is 11.6 Å². The maximum atomic E-state index is 12.7. The number of aromatic nitrogens is 3. The Morgan fingerprint density at radius 3 is 2.69 bits per heavy atom. The summed E-state index contributed by atoms with van der Waals surface area (Å²) in [5.74, 6) is -0.377. The van der Waals surface area contributed by atoms with Crippen LogP contribution < -0.4 is 10.6 Å². The van der Waals surface area contributed by atoms with Crippen molar-refractivity contribution in [3.63, 3.8) is 0 Å². The number of anilines is 1. The van der Waals surface area contributed by atoms with E-state index in [1.54, 1.807) is 30.3 Å². The van der Waals surface area contributed by atoms with Crippen molar-refractivity contribution in [2.45, 2.75) is 6.42 Å². The van der Waals surface area contributed by atoms with E-state index in [4.69, 9.17) is 16.4 Å². The van der Waals surface area contributed by atoms with Crippen LogP contribution in [0.1, 0.15) is 32.8 Å². The van der Waals surface area contributed by atoms with Gasteiger partial charge in [-0.3, -0.25) is 14.4 Å². The number of H-pyrrole nitrogens is 1. The molecule has 2 aromatic heterocycles. The topological polar surface area (TPSA) is 128 Å². The van der Waals surface area contributed by atoms with Gasteiger partial charge in [0.1, 0.15) is 17.5 Å². The Balaban J connectivity index is 1.46. The summed E-state index contributed by atoms with van der Waals surface area (Å²) in [6, 6.07) is 16.3. The minimum atomic E-state index is -0.559. The van der Waals surface area contributed by atoms with Crippen LogP contribution in [0.25, 0.3) is 16.6 Å². The van der Waals surface area contributed by atoms with Crippen molar-refractivity contribution in [2.24, 2.45) is 0 Å². The average molecular weight is 506 g/mol. The first-order valence-corrected chi connectivity index (χ1v) is 11.5. The number of nitriles is 1. The molecule has 2 aromatic carbocycles. The van der Waals surface area contributed by atoms with E-state index in [9.17, 15) is 14.9 Å². The number of amides is 2. The molecule has 0 radical (unpaired) electrons. The molecular weight excluding hydrogens is 482 g/mol. The number of benzene rings is 2. The van der Waals surface area contributed by atoms with Crippen molar-refractivity contribution in [1.29, 1.82) is 5.26 Å². The zero-order valence-corrected chi connectivity index (χ0v) is 20.5. The van der Waals surface area contributed by atoms with Crippen LogP contribution in [-0.2, 0) is 4.84 Å². The summed E-state index contributed by atoms with van der Waals surface area (Å²) < 4.78 is 1.48. The number of hydrogen-bond acceptors (Lipinski definition) is 6. The van der Waals surface area contributed by atoms with Crippen LogP contribution in [0.3, 0.4) is 0 Å². The van der Waals surface area contributed by atoms with Gasteiger partial charge in [0, 0.05) is 42.4 Å². The quantitative estimate of drug-likeness (QED) is 0.235. The molecule has 0 aliphatic rings. The molecule has 11 heteroatoms. The lowest BCUT2D eigenvalue weighted by Gasteiger charge is -2.11. The van der Waals surface area contributed by atoms with Crippen molar-refractivity contribution >= 4 is 40.1 Å². The third-order valence-electron chi connectivity index (χ3n) is 5.58. The summed E-state index contributed by atoms with van der Waals surface area (Å²) in [5.41, 5.74) is 2.11. The monoisotopic (exact) mass is 505 g/mol. The molecule has 0 bridgehead atoms. The first kappa shape index (κ1) is 24.8. The van der Waals surface area contributed by atoms with Gasteiger partial charge in [-0.05, 0) is 54.3 Å². The fourth-order valence-electron chi connectivity index (χ4n) is 3.63. The summed E-state index contributed by atoms with van der Waals surface area (Å²) in [7, 11) is 2.79. The zero-order chi connectivity index (χ0) is 25.7. The van der Waals surface area contributed by atoms with Crippen molar-refractivity contribution in [2.75, 3.05) is 32.6 Å². The number of fused-ring (bicyclic) bond motifs is 1. The molecule has 0 aliphatic carbocycles. The second kappa shape index (κ2) is 10.9. The number of aromatic amines is 1. The Kier molecular flexibility index (Phi) is 7.53. The molecule has 2 amide bonds. The molecule has 3 N–H and O–H groups in total. The predicted molar refractivity (Wildman–Crippen MR) is 136 cm³/mol. The van der Waals surface area contributed by atoms with Crippen molar-refractivity contribution < 1.29 is 14.4 Å². The fraction of sp³-hybridized carbons (Fsp3) is 0.200. The van der Waals surface area contributed by atoms with Gasteiger partial charge in [0.05, 0.1) is 12.8 Å². The number of carbonyl (C=O) groups excluding carboxylic acids is 2. The second-order valence-corrected chi connectivity index (χ2v) is 8.31. The number of rotatable bonds is 9. The highest BCUT2D eigenvalue weighted by atomic mass is 35.5. The highest BCUT2D eigenvalue weighted by Crippen LogP contribution is 2.25. The molecule has 4 aromatic rings. The molecule has 0 fully saturated rings. The van der Waals surface area contributed by atoms with Crippen LogP contribution in [0.5, 0.6) is 0 Å². The van der Waals surface area contributed by atoms with Gasteiger partial charge in [-0.1, -0.05) is 17.7 Å². The first-order valence-electron chi connectivity index (χ1n) is 11.1. The van der Waals surface area contributed by atoms with Crippen molar-refractivity contribution in [3.05, 3.63) is 76.6 Å². The largest absolute Gasteiger partial charge is 0.369 e. The van der Waals surface area contributed by atoms with Crippen molar-refractivity contribution in [1.82, 2.24) is 25.1 Å². The molecule has 0 atom stereocenters. The molecular formula is C25H24ClN7O3. The highest BCUT2D eigenvalue weighted by Gasteiger charge is 2.26. The molecule has 4 rings (SSSR count). The number of hydroxylamine groups is 2. The van der Waals surface area contributed by atoms with Crippen LogP contribution in [0.2, 0.25) is 5.02 Å². The lowest BCUT2D eigenvalue weighted by molar-refractivity contribution is -0.0760. The van der Waals surface area contributed by atoms with Gasteiger partial charge >= 0.3 is 0 Å². The van der Waals surface area contributed by atoms with Gasteiger partial charge in [0.25, 0.3) is 11.8 Å². The molecule has 0 unspecified atom stereocenters. The Morgan fingerprint density at radius 2 is 1.97 bits per heavy atom.